The Morgan fingerprint density at radius 3 is 2.47 bits per heavy atom. The predicted octanol–water partition coefficient (Wildman–Crippen LogP) is 3.95. The number of hydrogen-bond acceptors (Lipinski definition) is 4. The molecule has 4 rings (SSSR count). The summed E-state index contributed by atoms with van der Waals surface area (Å²) in [5, 5.41) is 7.86. The van der Waals surface area contributed by atoms with Crippen molar-refractivity contribution < 1.29 is 19.1 Å². The van der Waals surface area contributed by atoms with Gasteiger partial charge in [-0.25, -0.2) is 4.79 Å². The number of fused-ring (bicyclic) bond motifs is 2. The Balaban J connectivity index is 1.30. The molecule has 3 aromatic carbocycles. The van der Waals surface area contributed by atoms with E-state index in [1.165, 1.54) is 0 Å². The van der Waals surface area contributed by atoms with Crippen molar-refractivity contribution in [3.63, 3.8) is 0 Å². The van der Waals surface area contributed by atoms with Crippen LogP contribution < -0.4 is 20.1 Å². The highest BCUT2D eigenvalue weighted by atomic mass is 16.5. The van der Waals surface area contributed by atoms with Crippen molar-refractivity contribution in [3.8, 4) is 11.5 Å². The Morgan fingerprint density at radius 1 is 0.969 bits per heavy atom. The highest BCUT2D eigenvalue weighted by Crippen LogP contribution is 2.33. The van der Waals surface area contributed by atoms with Crippen molar-refractivity contribution in [3.05, 3.63) is 65.7 Å². The molecular weight excluding hydrogens is 406 g/mol. The number of methoxy groups -OCH3 is 2. The molecule has 7 heteroatoms. The first-order valence-corrected chi connectivity index (χ1v) is 10.6. The number of benzene rings is 3. The van der Waals surface area contributed by atoms with Gasteiger partial charge >= 0.3 is 6.03 Å². The zero-order valence-electron chi connectivity index (χ0n) is 18.3. The highest BCUT2D eigenvalue weighted by Gasteiger charge is 2.22. The van der Waals surface area contributed by atoms with Gasteiger partial charge in [0, 0.05) is 37.1 Å². The molecule has 0 unspecified atom stereocenters. The van der Waals surface area contributed by atoms with Crippen molar-refractivity contribution in [2.45, 2.75) is 19.4 Å². The monoisotopic (exact) mass is 433 g/mol. The molecular formula is C25H27N3O4. The van der Waals surface area contributed by atoms with Crippen LogP contribution in [0.3, 0.4) is 0 Å². The Kier molecular flexibility index (Phi) is 6.44. The Labute approximate surface area is 187 Å². The summed E-state index contributed by atoms with van der Waals surface area (Å²) in [5.74, 6) is 1.21. The fraction of sp³-hybridized carbons (Fsp3) is 0.280. The molecule has 7 nitrogen and oxygen atoms in total. The van der Waals surface area contributed by atoms with Crippen molar-refractivity contribution in [2.75, 3.05) is 32.6 Å². The molecule has 2 N–H and O–H groups in total. The molecule has 3 aromatic rings. The third kappa shape index (κ3) is 4.61. The van der Waals surface area contributed by atoms with Gasteiger partial charge in [-0.15, -0.1) is 0 Å². The minimum atomic E-state index is -0.177. The highest BCUT2D eigenvalue weighted by molar-refractivity contribution is 6.02. The average Bonchev–Trinajstić information content (AvgIpc) is 2.82. The summed E-state index contributed by atoms with van der Waals surface area (Å²) >= 11 is 0. The third-order valence-corrected chi connectivity index (χ3v) is 5.70. The number of carbonyl (C=O) groups is 2. The van der Waals surface area contributed by atoms with Crippen LogP contribution in [0.4, 0.5) is 10.5 Å². The quantitative estimate of drug-likeness (QED) is 0.617. The van der Waals surface area contributed by atoms with Gasteiger partial charge in [-0.05, 0) is 41.1 Å². The molecule has 0 saturated carbocycles. The molecule has 0 fully saturated rings. The van der Waals surface area contributed by atoms with Crippen LogP contribution >= 0.6 is 0 Å². The van der Waals surface area contributed by atoms with Gasteiger partial charge in [0.15, 0.2) is 11.5 Å². The van der Waals surface area contributed by atoms with E-state index in [1.807, 2.05) is 54.6 Å². The van der Waals surface area contributed by atoms with Gasteiger partial charge in [0.25, 0.3) is 0 Å². The van der Waals surface area contributed by atoms with Crippen LogP contribution in [0.15, 0.2) is 54.6 Å². The maximum Gasteiger partial charge on any atom is 0.317 e. The Morgan fingerprint density at radius 2 is 1.69 bits per heavy atom. The predicted molar refractivity (Wildman–Crippen MR) is 124 cm³/mol. The Hall–Kier alpha value is -3.74. The summed E-state index contributed by atoms with van der Waals surface area (Å²) in [5.41, 5.74) is 2.97. The van der Waals surface area contributed by atoms with Gasteiger partial charge in [0.05, 0.1) is 14.2 Å². The number of hydrogen-bond donors (Lipinski definition) is 2. The van der Waals surface area contributed by atoms with Crippen LogP contribution in [0.2, 0.25) is 0 Å². The molecule has 1 aliphatic heterocycles. The minimum Gasteiger partial charge on any atom is -0.493 e. The fourth-order valence-corrected chi connectivity index (χ4v) is 4.00. The average molecular weight is 434 g/mol. The van der Waals surface area contributed by atoms with Crippen LogP contribution in [0.25, 0.3) is 10.8 Å². The molecule has 0 radical (unpaired) electrons. The van der Waals surface area contributed by atoms with Crippen LogP contribution in [-0.4, -0.2) is 44.1 Å². The molecule has 3 amide bonds. The van der Waals surface area contributed by atoms with E-state index in [0.29, 0.717) is 24.6 Å². The van der Waals surface area contributed by atoms with Gasteiger partial charge in [-0.1, -0.05) is 36.4 Å². The van der Waals surface area contributed by atoms with Crippen LogP contribution in [0.1, 0.15) is 17.5 Å². The van der Waals surface area contributed by atoms with Crippen molar-refractivity contribution in [1.29, 1.82) is 0 Å². The first kappa shape index (κ1) is 21.5. The van der Waals surface area contributed by atoms with E-state index in [9.17, 15) is 9.59 Å². The number of nitrogens with zero attached hydrogens (tertiary/aromatic N) is 1. The van der Waals surface area contributed by atoms with Crippen LogP contribution in [0.5, 0.6) is 11.5 Å². The fourth-order valence-electron chi connectivity index (χ4n) is 4.00. The molecule has 0 bridgehead atoms. The van der Waals surface area contributed by atoms with Gasteiger partial charge < -0.3 is 25.0 Å². The third-order valence-electron chi connectivity index (χ3n) is 5.70. The molecule has 1 heterocycles. The first-order chi connectivity index (χ1) is 15.6. The van der Waals surface area contributed by atoms with Crippen LogP contribution in [0, 0.1) is 0 Å². The van der Waals surface area contributed by atoms with E-state index in [0.717, 1.165) is 34.0 Å². The van der Waals surface area contributed by atoms with Gasteiger partial charge in [0.2, 0.25) is 5.91 Å². The molecule has 0 saturated heterocycles. The van der Waals surface area contributed by atoms with Gasteiger partial charge in [0.1, 0.15) is 0 Å². The zero-order chi connectivity index (χ0) is 22.5. The lowest BCUT2D eigenvalue weighted by Crippen LogP contribution is -2.43. The number of amides is 3. The lowest BCUT2D eigenvalue weighted by atomic mass is 9.99. The molecule has 166 valence electrons. The summed E-state index contributed by atoms with van der Waals surface area (Å²) in [7, 11) is 3.21. The molecule has 32 heavy (non-hydrogen) atoms. The maximum atomic E-state index is 12.6. The number of urea groups is 1. The van der Waals surface area contributed by atoms with Crippen LogP contribution in [-0.2, 0) is 17.8 Å². The van der Waals surface area contributed by atoms with Crippen molar-refractivity contribution in [2.24, 2.45) is 0 Å². The standard InChI is InChI=1S/C25H27N3O4/c1-31-22-14-18-11-13-28(16-19(18)15-23(22)32-2)25(30)26-12-10-24(29)27-21-9-5-7-17-6-3-4-8-20(17)21/h3-9,14-15H,10-13,16H2,1-2H3,(H,26,30)(H,27,29). The number of carbonyl (C=O) groups excluding carboxylic acids is 2. The number of nitrogens with one attached hydrogen (secondary N) is 2. The second-order valence-electron chi connectivity index (χ2n) is 7.70. The SMILES string of the molecule is COc1cc2c(cc1OC)CN(C(=O)NCCC(=O)Nc1cccc3ccccc13)CC2. The number of anilines is 1. The van der Waals surface area contributed by atoms with E-state index >= 15 is 0 Å². The summed E-state index contributed by atoms with van der Waals surface area (Å²) < 4.78 is 10.7. The van der Waals surface area contributed by atoms with E-state index in [-0.39, 0.29) is 24.9 Å². The maximum absolute atomic E-state index is 12.6. The normalized spacial score (nSPS) is 12.8. The minimum absolute atomic E-state index is 0.137. The summed E-state index contributed by atoms with van der Waals surface area (Å²) in [4.78, 5) is 26.8. The largest absolute Gasteiger partial charge is 0.493 e. The zero-order valence-corrected chi connectivity index (χ0v) is 18.3. The number of rotatable bonds is 6. The van der Waals surface area contributed by atoms with Gasteiger partial charge in [-0.2, -0.15) is 0 Å². The number of ether oxygens (including phenoxy) is 2. The van der Waals surface area contributed by atoms with E-state index in [4.69, 9.17) is 9.47 Å². The summed E-state index contributed by atoms with van der Waals surface area (Å²) in [6, 6.07) is 17.4. The van der Waals surface area contributed by atoms with E-state index in [2.05, 4.69) is 10.6 Å². The lowest BCUT2D eigenvalue weighted by molar-refractivity contribution is -0.116. The summed E-state index contributed by atoms with van der Waals surface area (Å²) in [6.45, 7) is 1.37. The second kappa shape index (κ2) is 9.60. The lowest BCUT2D eigenvalue weighted by Gasteiger charge is -2.29. The smallest absolute Gasteiger partial charge is 0.317 e. The second-order valence-corrected chi connectivity index (χ2v) is 7.70. The molecule has 1 aliphatic rings. The Bertz CT molecular complexity index is 1140. The molecule has 0 atom stereocenters. The molecule has 0 spiro atoms. The topological polar surface area (TPSA) is 79.9 Å². The van der Waals surface area contributed by atoms with E-state index in [1.54, 1.807) is 19.1 Å². The molecule has 0 aromatic heterocycles. The summed E-state index contributed by atoms with van der Waals surface area (Å²) in [6.07, 6.45) is 0.940. The van der Waals surface area contributed by atoms with Crippen molar-refractivity contribution in [1.82, 2.24) is 10.2 Å². The van der Waals surface area contributed by atoms with Crippen molar-refractivity contribution >= 4 is 28.4 Å². The van der Waals surface area contributed by atoms with E-state index < -0.39 is 0 Å². The first-order valence-electron chi connectivity index (χ1n) is 10.6. The molecule has 0 aliphatic carbocycles. The van der Waals surface area contributed by atoms with Gasteiger partial charge in [-0.3, -0.25) is 4.79 Å².